The van der Waals surface area contributed by atoms with Crippen LogP contribution in [0.25, 0.3) is 0 Å². The predicted molar refractivity (Wildman–Crippen MR) is 85.7 cm³/mol. The molecule has 0 saturated heterocycles. The molecule has 7 heteroatoms. The highest BCUT2D eigenvalue weighted by atomic mass is 35.5. The van der Waals surface area contributed by atoms with Gasteiger partial charge in [-0.15, -0.1) is 0 Å². The van der Waals surface area contributed by atoms with Gasteiger partial charge in [0.1, 0.15) is 11.7 Å². The number of nitrogens with two attached hydrogens (primary N) is 1. The first-order valence-corrected chi connectivity index (χ1v) is 7.36. The molecular formula is C15H23ClN2O4. The molecule has 0 aliphatic rings. The molecule has 0 saturated carbocycles. The third-order valence-electron chi connectivity index (χ3n) is 2.86. The first-order chi connectivity index (χ1) is 10.1. The number of rotatable bonds is 5. The van der Waals surface area contributed by atoms with Crippen molar-refractivity contribution in [1.82, 2.24) is 5.32 Å². The van der Waals surface area contributed by atoms with E-state index < -0.39 is 23.9 Å². The minimum absolute atomic E-state index is 0.130. The number of alkyl carbamates (subject to hydrolysis) is 1. The zero-order chi connectivity index (χ0) is 16.9. The van der Waals surface area contributed by atoms with E-state index in [-0.39, 0.29) is 23.6 Å². The number of ether oxygens (including phenoxy) is 1. The van der Waals surface area contributed by atoms with Crippen LogP contribution in [0.15, 0.2) is 18.2 Å². The SMILES string of the molecule is CC(C)(C)OC(=O)NCCC(O)C(O)c1c(N)cccc1Cl. The molecule has 1 amide bonds. The number of benzene rings is 1. The van der Waals surface area contributed by atoms with Gasteiger partial charge in [-0.3, -0.25) is 0 Å². The van der Waals surface area contributed by atoms with Crippen LogP contribution in [-0.2, 0) is 4.74 Å². The van der Waals surface area contributed by atoms with E-state index in [0.29, 0.717) is 5.69 Å². The van der Waals surface area contributed by atoms with E-state index in [0.717, 1.165) is 0 Å². The molecule has 2 atom stereocenters. The highest BCUT2D eigenvalue weighted by Gasteiger charge is 2.23. The molecule has 1 rings (SSSR count). The van der Waals surface area contributed by atoms with Gasteiger partial charge in [-0.05, 0) is 39.3 Å². The predicted octanol–water partition coefficient (Wildman–Crippen LogP) is 2.23. The molecule has 0 fully saturated rings. The zero-order valence-corrected chi connectivity index (χ0v) is 13.7. The van der Waals surface area contributed by atoms with Crippen molar-refractivity contribution in [1.29, 1.82) is 0 Å². The number of nitrogens with one attached hydrogen (secondary N) is 1. The Morgan fingerprint density at radius 1 is 1.41 bits per heavy atom. The standard InChI is InChI=1S/C15H23ClN2O4/c1-15(2,3)22-14(21)18-8-7-11(19)13(20)12-9(16)5-4-6-10(12)17/h4-6,11,13,19-20H,7-8,17H2,1-3H3,(H,18,21). The molecule has 1 aromatic rings. The van der Waals surface area contributed by atoms with Crippen LogP contribution in [0.3, 0.4) is 0 Å². The van der Waals surface area contributed by atoms with Crippen molar-refractivity contribution < 1.29 is 19.7 Å². The number of amides is 1. The van der Waals surface area contributed by atoms with Crippen LogP contribution < -0.4 is 11.1 Å². The minimum Gasteiger partial charge on any atom is -0.444 e. The fourth-order valence-electron chi connectivity index (χ4n) is 1.85. The van der Waals surface area contributed by atoms with Crippen molar-refractivity contribution in [2.24, 2.45) is 0 Å². The van der Waals surface area contributed by atoms with Crippen molar-refractivity contribution in [2.45, 2.75) is 45.0 Å². The molecule has 124 valence electrons. The first kappa shape index (κ1) is 18.5. The number of nitrogen functional groups attached to an aromatic ring is 1. The Labute approximate surface area is 135 Å². The lowest BCUT2D eigenvalue weighted by atomic mass is 10.0. The van der Waals surface area contributed by atoms with Crippen LogP contribution in [0.2, 0.25) is 5.02 Å². The highest BCUT2D eigenvalue weighted by molar-refractivity contribution is 6.31. The largest absolute Gasteiger partial charge is 0.444 e. The number of carbonyl (C=O) groups excluding carboxylic acids is 1. The molecule has 0 spiro atoms. The summed E-state index contributed by atoms with van der Waals surface area (Å²) >= 11 is 5.98. The molecule has 0 aromatic heterocycles. The van der Waals surface area contributed by atoms with E-state index in [2.05, 4.69) is 5.32 Å². The summed E-state index contributed by atoms with van der Waals surface area (Å²) in [6, 6.07) is 4.84. The molecule has 0 radical (unpaired) electrons. The molecule has 0 heterocycles. The van der Waals surface area contributed by atoms with Gasteiger partial charge in [0.05, 0.1) is 6.10 Å². The average Bonchev–Trinajstić information content (AvgIpc) is 2.35. The number of halogens is 1. The van der Waals surface area contributed by atoms with Gasteiger partial charge in [0, 0.05) is 22.8 Å². The Bertz CT molecular complexity index is 497. The number of anilines is 1. The molecular weight excluding hydrogens is 308 g/mol. The maximum atomic E-state index is 11.5. The maximum absolute atomic E-state index is 11.5. The van der Waals surface area contributed by atoms with E-state index in [4.69, 9.17) is 22.1 Å². The van der Waals surface area contributed by atoms with E-state index in [1.54, 1.807) is 39.0 Å². The number of aliphatic hydroxyl groups is 2. The monoisotopic (exact) mass is 330 g/mol. The first-order valence-electron chi connectivity index (χ1n) is 6.98. The van der Waals surface area contributed by atoms with Crippen LogP contribution in [0, 0.1) is 0 Å². The van der Waals surface area contributed by atoms with Crippen LogP contribution in [-0.4, -0.2) is 34.6 Å². The summed E-state index contributed by atoms with van der Waals surface area (Å²) < 4.78 is 5.07. The van der Waals surface area contributed by atoms with Gasteiger partial charge in [-0.2, -0.15) is 0 Å². The van der Waals surface area contributed by atoms with Gasteiger partial charge in [-0.25, -0.2) is 4.79 Å². The van der Waals surface area contributed by atoms with Crippen LogP contribution in [0.4, 0.5) is 10.5 Å². The van der Waals surface area contributed by atoms with Crippen molar-refractivity contribution >= 4 is 23.4 Å². The Hall–Kier alpha value is -1.50. The second-order valence-electron chi connectivity index (χ2n) is 5.97. The van der Waals surface area contributed by atoms with Crippen molar-refractivity contribution in [3.05, 3.63) is 28.8 Å². The summed E-state index contributed by atoms with van der Waals surface area (Å²) in [5, 5.41) is 22.9. The molecule has 5 N–H and O–H groups in total. The third-order valence-corrected chi connectivity index (χ3v) is 3.18. The van der Waals surface area contributed by atoms with Crippen LogP contribution in [0.1, 0.15) is 38.9 Å². The summed E-state index contributed by atoms with van der Waals surface area (Å²) in [5.74, 6) is 0. The van der Waals surface area contributed by atoms with E-state index >= 15 is 0 Å². The number of hydrogen-bond acceptors (Lipinski definition) is 5. The lowest BCUT2D eigenvalue weighted by Crippen LogP contribution is -2.34. The Balaban J connectivity index is 2.52. The average molecular weight is 331 g/mol. The van der Waals surface area contributed by atoms with Gasteiger partial charge in [-0.1, -0.05) is 17.7 Å². The quantitative estimate of drug-likeness (QED) is 0.620. The summed E-state index contributed by atoms with van der Waals surface area (Å²) in [7, 11) is 0. The lowest BCUT2D eigenvalue weighted by Gasteiger charge is -2.22. The van der Waals surface area contributed by atoms with Gasteiger partial charge >= 0.3 is 6.09 Å². The van der Waals surface area contributed by atoms with Crippen LogP contribution in [0.5, 0.6) is 0 Å². The van der Waals surface area contributed by atoms with Gasteiger partial charge in [0.15, 0.2) is 0 Å². The van der Waals surface area contributed by atoms with Gasteiger partial charge < -0.3 is 26.0 Å². The third kappa shape index (κ3) is 5.71. The van der Waals surface area contributed by atoms with Crippen molar-refractivity contribution in [3.8, 4) is 0 Å². The van der Waals surface area contributed by atoms with Crippen LogP contribution >= 0.6 is 11.6 Å². The highest BCUT2D eigenvalue weighted by Crippen LogP contribution is 2.31. The molecule has 0 aliphatic carbocycles. The zero-order valence-electron chi connectivity index (χ0n) is 13.0. The number of hydrogen-bond donors (Lipinski definition) is 4. The molecule has 22 heavy (non-hydrogen) atoms. The molecule has 2 unspecified atom stereocenters. The Morgan fingerprint density at radius 2 is 2.05 bits per heavy atom. The number of carbonyl (C=O) groups is 1. The number of aliphatic hydroxyl groups excluding tert-OH is 2. The topological polar surface area (TPSA) is 105 Å². The second kappa shape index (κ2) is 7.67. The fourth-order valence-corrected chi connectivity index (χ4v) is 2.15. The van der Waals surface area contributed by atoms with E-state index in [1.807, 2.05) is 0 Å². The summed E-state index contributed by atoms with van der Waals surface area (Å²) in [4.78, 5) is 11.5. The van der Waals surface area contributed by atoms with Gasteiger partial charge in [0.2, 0.25) is 0 Å². The van der Waals surface area contributed by atoms with Crippen molar-refractivity contribution in [3.63, 3.8) is 0 Å². The van der Waals surface area contributed by atoms with Crippen molar-refractivity contribution in [2.75, 3.05) is 12.3 Å². The normalized spacial score (nSPS) is 14.3. The summed E-state index contributed by atoms with van der Waals surface area (Å²) in [6.45, 7) is 5.42. The van der Waals surface area contributed by atoms with Gasteiger partial charge in [0.25, 0.3) is 0 Å². The maximum Gasteiger partial charge on any atom is 0.407 e. The lowest BCUT2D eigenvalue weighted by molar-refractivity contribution is 0.0127. The molecule has 0 aliphatic heterocycles. The smallest absolute Gasteiger partial charge is 0.407 e. The Kier molecular flexibility index (Phi) is 6.47. The molecule has 1 aromatic carbocycles. The Morgan fingerprint density at radius 3 is 2.59 bits per heavy atom. The summed E-state index contributed by atoms with van der Waals surface area (Å²) in [6.07, 6.45) is -2.79. The molecule has 6 nitrogen and oxygen atoms in total. The molecule has 0 bridgehead atoms. The minimum atomic E-state index is -1.23. The summed E-state index contributed by atoms with van der Waals surface area (Å²) in [5.41, 5.74) is 5.76. The fraction of sp³-hybridized carbons (Fsp3) is 0.533. The van der Waals surface area contributed by atoms with E-state index in [1.165, 1.54) is 0 Å². The second-order valence-corrected chi connectivity index (χ2v) is 6.38. The van der Waals surface area contributed by atoms with E-state index in [9.17, 15) is 15.0 Å².